The molecule has 14 nitrogen and oxygen atoms in total. The summed E-state index contributed by atoms with van der Waals surface area (Å²) >= 11 is 0. The van der Waals surface area contributed by atoms with Crippen LogP contribution < -0.4 is 34.4 Å². The Morgan fingerprint density at radius 1 is 0.846 bits per heavy atom. The fraction of sp³-hybridized carbons (Fsp3) is 0.237. The summed E-state index contributed by atoms with van der Waals surface area (Å²) in [5, 5.41) is 16.1. The summed E-state index contributed by atoms with van der Waals surface area (Å²) in [6, 6.07) is 22.0. The van der Waals surface area contributed by atoms with Crippen molar-refractivity contribution in [1.82, 2.24) is 25.1 Å². The third-order valence-electron chi connectivity index (χ3n) is 8.95. The van der Waals surface area contributed by atoms with Crippen LogP contribution in [0, 0.1) is 0 Å². The Morgan fingerprint density at radius 3 is 2.29 bits per heavy atom. The minimum Gasteiger partial charge on any atom is -0.493 e. The number of rotatable bonds is 11. The first-order valence-corrected chi connectivity index (χ1v) is 16.5. The lowest BCUT2D eigenvalue weighted by Crippen LogP contribution is -2.32. The van der Waals surface area contributed by atoms with E-state index in [1.807, 2.05) is 24.3 Å². The lowest BCUT2D eigenvalue weighted by Gasteiger charge is -2.29. The molecule has 0 atom stereocenters. The van der Waals surface area contributed by atoms with E-state index < -0.39 is 11.5 Å². The van der Waals surface area contributed by atoms with Crippen LogP contribution >= 0.6 is 0 Å². The first kappa shape index (κ1) is 34.1. The lowest BCUT2D eigenvalue weighted by molar-refractivity contribution is 0.213. The van der Waals surface area contributed by atoms with Crippen LogP contribution in [0.3, 0.4) is 0 Å². The second-order valence-corrected chi connectivity index (χ2v) is 12.0. The van der Waals surface area contributed by atoms with E-state index in [1.165, 1.54) is 35.7 Å². The highest BCUT2D eigenvalue weighted by molar-refractivity contribution is 5.93. The van der Waals surface area contributed by atoms with Gasteiger partial charge in [-0.3, -0.25) is 15.0 Å². The van der Waals surface area contributed by atoms with Gasteiger partial charge in [-0.25, -0.2) is 4.79 Å². The van der Waals surface area contributed by atoms with Crippen LogP contribution in [0.2, 0.25) is 0 Å². The summed E-state index contributed by atoms with van der Waals surface area (Å²) in [5.74, 6) is 2.15. The van der Waals surface area contributed by atoms with E-state index in [1.54, 1.807) is 50.6 Å². The molecule has 0 saturated heterocycles. The highest BCUT2D eigenvalue weighted by atomic mass is 16.6. The van der Waals surface area contributed by atoms with E-state index >= 15 is 0 Å². The van der Waals surface area contributed by atoms with Gasteiger partial charge in [0.1, 0.15) is 11.8 Å². The zero-order valence-corrected chi connectivity index (χ0v) is 29.0. The number of nitrogens with one attached hydrogen (secondary N) is 1. The largest absolute Gasteiger partial charge is 0.493 e. The van der Waals surface area contributed by atoms with Crippen molar-refractivity contribution in [2.75, 3.05) is 46.8 Å². The molecule has 14 heteroatoms. The average Bonchev–Trinajstić information content (AvgIpc) is 3.68. The number of para-hydroxylation sites is 1. The van der Waals surface area contributed by atoms with Crippen molar-refractivity contribution in [3.8, 4) is 45.8 Å². The smallest absolute Gasteiger partial charge is 0.417 e. The molecule has 52 heavy (non-hydrogen) atoms. The molecule has 6 aromatic rings. The number of ether oxygens (including phenoxy) is 5. The number of carbonyl (C=O) groups excluding carboxylic acids is 1. The summed E-state index contributed by atoms with van der Waals surface area (Å²) in [6.45, 7) is 2.72. The summed E-state index contributed by atoms with van der Waals surface area (Å²) < 4.78 is 32.8. The number of anilines is 1. The maximum atomic E-state index is 13.1. The number of fused-ring (bicyclic) bond motifs is 2. The van der Waals surface area contributed by atoms with E-state index in [9.17, 15) is 9.59 Å². The van der Waals surface area contributed by atoms with Crippen molar-refractivity contribution in [3.05, 3.63) is 106 Å². The van der Waals surface area contributed by atoms with Gasteiger partial charge in [0.2, 0.25) is 17.0 Å². The van der Waals surface area contributed by atoms with Crippen LogP contribution in [0.4, 0.5) is 10.5 Å². The predicted octanol–water partition coefficient (Wildman–Crippen LogP) is 5.68. The first-order chi connectivity index (χ1) is 25.4. The molecule has 7 rings (SSSR count). The molecule has 266 valence electrons. The van der Waals surface area contributed by atoms with Crippen molar-refractivity contribution in [1.29, 1.82) is 0 Å². The molecule has 1 aliphatic rings. The fourth-order valence-corrected chi connectivity index (χ4v) is 6.18. The molecular formula is C38H36N6O8. The van der Waals surface area contributed by atoms with Crippen molar-refractivity contribution in [2.24, 2.45) is 0 Å². The summed E-state index contributed by atoms with van der Waals surface area (Å²) in [6.07, 6.45) is 1.99. The molecule has 1 N–H and O–H groups in total. The van der Waals surface area contributed by atoms with Crippen LogP contribution in [0.15, 0.2) is 88.3 Å². The van der Waals surface area contributed by atoms with Gasteiger partial charge in [-0.05, 0) is 77.2 Å². The van der Waals surface area contributed by atoms with Crippen LogP contribution in [-0.2, 0) is 19.4 Å². The Balaban J connectivity index is 1.05. The quantitative estimate of drug-likeness (QED) is 0.177. The number of carbonyl (C=O) groups is 1. The predicted molar refractivity (Wildman–Crippen MR) is 192 cm³/mol. The molecule has 0 fully saturated rings. The molecule has 0 radical (unpaired) electrons. The maximum Gasteiger partial charge on any atom is 0.417 e. The van der Waals surface area contributed by atoms with Gasteiger partial charge in [0, 0.05) is 25.7 Å². The van der Waals surface area contributed by atoms with Gasteiger partial charge in [0.05, 0.1) is 50.8 Å². The van der Waals surface area contributed by atoms with Crippen molar-refractivity contribution >= 4 is 22.7 Å². The molecule has 4 aromatic carbocycles. The topological polar surface area (TPSA) is 152 Å². The Kier molecular flexibility index (Phi) is 9.71. The summed E-state index contributed by atoms with van der Waals surface area (Å²) in [7, 11) is 6.28. The van der Waals surface area contributed by atoms with Crippen LogP contribution in [0.25, 0.3) is 28.0 Å². The third-order valence-corrected chi connectivity index (χ3v) is 8.95. The SMILES string of the molecule is COc1cc2c(cc1OC)CN(CCc1ccc(-n3nnc(-c4cc(OC)c(OC)cc4NC(=O)Oc4coc5ccccc5c4=O)n3)cc1)CC2. The Labute approximate surface area is 298 Å². The zero-order chi connectivity index (χ0) is 36.2. The van der Waals surface area contributed by atoms with Crippen LogP contribution in [-0.4, -0.2) is 72.7 Å². The molecule has 0 unspecified atom stereocenters. The molecule has 0 aliphatic carbocycles. The van der Waals surface area contributed by atoms with E-state index in [-0.39, 0.29) is 22.6 Å². The van der Waals surface area contributed by atoms with E-state index in [0.717, 1.165) is 50.2 Å². The highest BCUT2D eigenvalue weighted by Crippen LogP contribution is 2.38. The highest BCUT2D eigenvalue weighted by Gasteiger charge is 2.22. The molecule has 2 aromatic heterocycles. The standard InChI is InChI=1S/C38H36N6O8/c1-47-31-17-24-14-16-43(21-25(24)18-32(31)48-2)15-13-23-9-11-26(12-10-23)44-41-37(40-42-44)28-19-33(49-3)34(50-4)20-29(28)39-38(46)52-35-22-51-30-8-6-5-7-27(30)36(35)45/h5-12,17-20,22H,13-16,21H2,1-4H3,(H,39,46). The number of aromatic nitrogens is 4. The van der Waals surface area contributed by atoms with Gasteiger partial charge >= 0.3 is 6.09 Å². The van der Waals surface area contributed by atoms with Crippen LogP contribution in [0.5, 0.6) is 28.7 Å². The molecule has 1 amide bonds. The molecule has 3 heterocycles. The first-order valence-electron chi connectivity index (χ1n) is 16.5. The average molecular weight is 705 g/mol. The number of hydrogen-bond donors (Lipinski definition) is 1. The minimum atomic E-state index is -0.937. The minimum absolute atomic E-state index is 0.199. The summed E-state index contributed by atoms with van der Waals surface area (Å²) in [4.78, 5) is 29.8. The normalized spacial score (nSPS) is 12.6. The summed E-state index contributed by atoms with van der Waals surface area (Å²) in [5.41, 5.74) is 4.93. The number of benzene rings is 4. The Bertz CT molecular complexity index is 2300. The molecular weight excluding hydrogens is 668 g/mol. The Hall–Kier alpha value is -6.41. The second-order valence-electron chi connectivity index (χ2n) is 12.0. The second kappa shape index (κ2) is 14.8. The zero-order valence-electron chi connectivity index (χ0n) is 29.0. The number of amides is 1. The number of hydrogen-bond acceptors (Lipinski definition) is 12. The van der Waals surface area contributed by atoms with Gasteiger partial charge in [-0.15, -0.1) is 15.0 Å². The Morgan fingerprint density at radius 2 is 1.54 bits per heavy atom. The molecule has 0 spiro atoms. The molecule has 1 aliphatic heterocycles. The number of nitrogens with zero attached hydrogens (tertiary/aromatic N) is 5. The number of tetrazole rings is 1. The third kappa shape index (κ3) is 6.96. The van der Waals surface area contributed by atoms with Crippen molar-refractivity contribution in [3.63, 3.8) is 0 Å². The van der Waals surface area contributed by atoms with E-state index in [0.29, 0.717) is 28.3 Å². The monoisotopic (exact) mass is 704 g/mol. The number of methoxy groups -OCH3 is 4. The molecule has 0 bridgehead atoms. The van der Waals surface area contributed by atoms with Gasteiger partial charge in [0.15, 0.2) is 23.0 Å². The van der Waals surface area contributed by atoms with Gasteiger partial charge in [-0.2, -0.15) is 0 Å². The van der Waals surface area contributed by atoms with Crippen molar-refractivity contribution < 1.29 is 32.9 Å². The van der Waals surface area contributed by atoms with Gasteiger partial charge < -0.3 is 28.1 Å². The maximum absolute atomic E-state index is 13.1. The van der Waals surface area contributed by atoms with E-state index in [4.69, 9.17) is 28.1 Å². The van der Waals surface area contributed by atoms with Gasteiger partial charge in [-0.1, -0.05) is 24.3 Å². The van der Waals surface area contributed by atoms with Crippen LogP contribution in [0.1, 0.15) is 16.7 Å². The lowest BCUT2D eigenvalue weighted by atomic mass is 9.98. The van der Waals surface area contributed by atoms with Gasteiger partial charge in [0.25, 0.3) is 0 Å². The fourth-order valence-electron chi connectivity index (χ4n) is 6.18. The van der Waals surface area contributed by atoms with E-state index in [2.05, 4.69) is 37.8 Å². The van der Waals surface area contributed by atoms with Crippen molar-refractivity contribution in [2.45, 2.75) is 19.4 Å². The molecule has 0 saturated carbocycles.